The maximum absolute atomic E-state index is 12.1. The van der Waals surface area contributed by atoms with Crippen LogP contribution in [0.5, 0.6) is 17.4 Å². The first-order valence-corrected chi connectivity index (χ1v) is 8.33. The van der Waals surface area contributed by atoms with E-state index >= 15 is 0 Å². The van der Waals surface area contributed by atoms with Gasteiger partial charge in [0, 0.05) is 24.7 Å². The molecule has 1 aromatic heterocycles. The van der Waals surface area contributed by atoms with Crippen LogP contribution in [0, 0.1) is 0 Å². The van der Waals surface area contributed by atoms with Gasteiger partial charge in [0.1, 0.15) is 17.2 Å². The van der Waals surface area contributed by atoms with Crippen LogP contribution in [0.2, 0.25) is 0 Å². The molecule has 0 radical (unpaired) electrons. The van der Waals surface area contributed by atoms with Crippen molar-refractivity contribution in [3.8, 4) is 17.4 Å². The number of amides is 2. The van der Waals surface area contributed by atoms with Crippen LogP contribution in [0.1, 0.15) is 41.1 Å². The van der Waals surface area contributed by atoms with E-state index in [4.69, 9.17) is 15.2 Å². The molecular formula is C18H20N4O4. The lowest BCUT2D eigenvalue weighted by atomic mass is 10.2. The summed E-state index contributed by atoms with van der Waals surface area (Å²) >= 11 is 0. The molecule has 0 saturated carbocycles. The van der Waals surface area contributed by atoms with Crippen molar-refractivity contribution in [2.45, 2.75) is 26.4 Å². The maximum atomic E-state index is 12.1. The molecule has 2 aromatic rings. The molecule has 2 heterocycles. The van der Waals surface area contributed by atoms with Gasteiger partial charge in [-0.1, -0.05) is 0 Å². The van der Waals surface area contributed by atoms with Crippen molar-refractivity contribution in [3.05, 3.63) is 41.9 Å². The number of primary amides is 1. The summed E-state index contributed by atoms with van der Waals surface area (Å²) in [7, 11) is 0. The third-order valence-corrected chi connectivity index (χ3v) is 3.75. The van der Waals surface area contributed by atoms with E-state index in [1.165, 1.54) is 18.5 Å². The number of hydrogen-bond acceptors (Lipinski definition) is 6. The minimum Gasteiger partial charge on any atom is -0.491 e. The average molecular weight is 356 g/mol. The SMILES string of the molecule is CC(C)Oc1cc(Oc2cnc(C(=O)N3CCC3)cn2)cc(C(N)=O)c1. The number of rotatable bonds is 6. The Bertz CT molecular complexity index is 816. The molecule has 0 atom stereocenters. The third kappa shape index (κ3) is 4.08. The van der Waals surface area contributed by atoms with E-state index in [1.807, 2.05) is 13.8 Å². The van der Waals surface area contributed by atoms with Crippen LogP contribution >= 0.6 is 0 Å². The molecule has 8 nitrogen and oxygen atoms in total. The van der Waals surface area contributed by atoms with Gasteiger partial charge in [0.2, 0.25) is 11.8 Å². The van der Waals surface area contributed by atoms with Gasteiger partial charge in [-0.15, -0.1) is 0 Å². The Hall–Kier alpha value is -3.16. The molecule has 1 aromatic carbocycles. The summed E-state index contributed by atoms with van der Waals surface area (Å²) in [5.41, 5.74) is 5.89. The van der Waals surface area contributed by atoms with E-state index in [0.29, 0.717) is 11.5 Å². The van der Waals surface area contributed by atoms with Gasteiger partial charge in [-0.25, -0.2) is 9.97 Å². The number of hydrogen-bond donors (Lipinski definition) is 1. The molecule has 1 fully saturated rings. The minimum absolute atomic E-state index is 0.0717. The third-order valence-electron chi connectivity index (χ3n) is 3.75. The second kappa shape index (κ2) is 7.38. The molecule has 8 heteroatoms. The monoisotopic (exact) mass is 356 g/mol. The van der Waals surface area contributed by atoms with Gasteiger partial charge >= 0.3 is 0 Å². The first-order valence-electron chi connectivity index (χ1n) is 8.33. The van der Waals surface area contributed by atoms with Crippen LogP contribution in [-0.4, -0.2) is 45.9 Å². The Labute approximate surface area is 150 Å². The average Bonchev–Trinajstić information content (AvgIpc) is 2.53. The van der Waals surface area contributed by atoms with Crippen LogP contribution in [0.4, 0.5) is 0 Å². The lowest BCUT2D eigenvalue weighted by Gasteiger charge is -2.30. The highest BCUT2D eigenvalue weighted by Crippen LogP contribution is 2.27. The number of aromatic nitrogens is 2. The highest BCUT2D eigenvalue weighted by molar-refractivity contribution is 5.93. The Morgan fingerprint density at radius 2 is 1.85 bits per heavy atom. The molecule has 3 rings (SSSR count). The zero-order valence-electron chi connectivity index (χ0n) is 14.6. The molecule has 0 spiro atoms. The lowest BCUT2D eigenvalue weighted by molar-refractivity contribution is 0.0645. The number of nitrogens with two attached hydrogens (primary N) is 1. The normalized spacial score (nSPS) is 13.3. The van der Waals surface area contributed by atoms with Crippen molar-refractivity contribution in [3.63, 3.8) is 0 Å². The Kier molecular flexibility index (Phi) is 5.01. The van der Waals surface area contributed by atoms with Gasteiger partial charge in [0.05, 0.1) is 18.5 Å². The van der Waals surface area contributed by atoms with Crippen molar-refractivity contribution in [1.29, 1.82) is 0 Å². The highest BCUT2D eigenvalue weighted by atomic mass is 16.5. The van der Waals surface area contributed by atoms with Gasteiger partial charge in [0.15, 0.2) is 0 Å². The number of carbonyl (C=O) groups excluding carboxylic acids is 2. The van der Waals surface area contributed by atoms with Crippen molar-refractivity contribution >= 4 is 11.8 Å². The van der Waals surface area contributed by atoms with E-state index in [-0.39, 0.29) is 29.1 Å². The van der Waals surface area contributed by atoms with Gasteiger partial charge in [0.25, 0.3) is 5.91 Å². The van der Waals surface area contributed by atoms with Gasteiger partial charge < -0.3 is 20.1 Å². The van der Waals surface area contributed by atoms with Crippen molar-refractivity contribution in [2.24, 2.45) is 5.73 Å². The molecule has 1 aliphatic rings. The number of carbonyl (C=O) groups is 2. The fraction of sp³-hybridized carbons (Fsp3) is 0.333. The Balaban J connectivity index is 1.77. The van der Waals surface area contributed by atoms with E-state index in [2.05, 4.69) is 9.97 Å². The smallest absolute Gasteiger partial charge is 0.274 e. The maximum Gasteiger partial charge on any atom is 0.274 e. The highest BCUT2D eigenvalue weighted by Gasteiger charge is 2.22. The van der Waals surface area contributed by atoms with Crippen molar-refractivity contribution in [1.82, 2.24) is 14.9 Å². The van der Waals surface area contributed by atoms with Gasteiger partial charge in [-0.05, 0) is 32.4 Å². The summed E-state index contributed by atoms with van der Waals surface area (Å²) in [6.45, 7) is 5.24. The summed E-state index contributed by atoms with van der Waals surface area (Å²) in [6, 6.07) is 4.68. The summed E-state index contributed by atoms with van der Waals surface area (Å²) in [4.78, 5) is 33.5. The first kappa shape index (κ1) is 17.7. The summed E-state index contributed by atoms with van der Waals surface area (Å²) in [5.74, 6) is 0.267. The van der Waals surface area contributed by atoms with Crippen LogP contribution in [0.3, 0.4) is 0 Å². The topological polar surface area (TPSA) is 108 Å². The molecule has 0 unspecified atom stereocenters. The molecule has 136 valence electrons. The first-order chi connectivity index (χ1) is 12.4. The second-order valence-corrected chi connectivity index (χ2v) is 6.21. The Morgan fingerprint density at radius 1 is 1.12 bits per heavy atom. The standard InChI is InChI=1S/C18H20N4O4/c1-11(2)25-13-6-12(17(19)23)7-14(8-13)26-16-10-20-15(9-21-16)18(24)22-4-3-5-22/h6-11H,3-5H2,1-2H3,(H2,19,23). The van der Waals surface area contributed by atoms with Gasteiger partial charge in [-0.2, -0.15) is 0 Å². The van der Waals surface area contributed by atoms with Crippen molar-refractivity contribution < 1.29 is 19.1 Å². The van der Waals surface area contributed by atoms with Crippen LogP contribution < -0.4 is 15.2 Å². The summed E-state index contributed by atoms with van der Waals surface area (Å²) < 4.78 is 11.2. The van der Waals surface area contributed by atoms with E-state index in [9.17, 15) is 9.59 Å². The summed E-state index contributed by atoms with van der Waals surface area (Å²) in [5, 5.41) is 0. The molecule has 2 amide bonds. The molecule has 2 N–H and O–H groups in total. The van der Waals surface area contributed by atoms with Crippen molar-refractivity contribution in [2.75, 3.05) is 13.1 Å². The lowest BCUT2D eigenvalue weighted by Crippen LogP contribution is -2.42. The number of ether oxygens (including phenoxy) is 2. The summed E-state index contributed by atoms with van der Waals surface area (Å²) in [6.07, 6.45) is 3.68. The Morgan fingerprint density at radius 3 is 2.38 bits per heavy atom. The molecule has 1 aliphatic heterocycles. The number of nitrogens with zero attached hydrogens (tertiary/aromatic N) is 3. The quantitative estimate of drug-likeness (QED) is 0.848. The molecule has 0 aliphatic carbocycles. The molecular weight excluding hydrogens is 336 g/mol. The fourth-order valence-corrected chi connectivity index (χ4v) is 2.39. The fourth-order valence-electron chi connectivity index (χ4n) is 2.39. The zero-order chi connectivity index (χ0) is 18.7. The van der Waals surface area contributed by atoms with E-state index in [0.717, 1.165) is 19.5 Å². The number of benzene rings is 1. The number of likely N-dealkylation sites (tertiary alicyclic amines) is 1. The van der Waals surface area contributed by atoms with Crippen LogP contribution in [-0.2, 0) is 0 Å². The van der Waals surface area contributed by atoms with Crippen LogP contribution in [0.25, 0.3) is 0 Å². The predicted molar refractivity (Wildman–Crippen MR) is 93.4 cm³/mol. The minimum atomic E-state index is -0.592. The zero-order valence-corrected chi connectivity index (χ0v) is 14.6. The molecule has 0 bridgehead atoms. The molecule has 1 saturated heterocycles. The van der Waals surface area contributed by atoms with E-state index < -0.39 is 5.91 Å². The largest absolute Gasteiger partial charge is 0.491 e. The van der Waals surface area contributed by atoms with Gasteiger partial charge in [-0.3, -0.25) is 9.59 Å². The second-order valence-electron chi connectivity index (χ2n) is 6.21. The van der Waals surface area contributed by atoms with E-state index in [1.54, 1.807) is 17.0 Å². The van der Waals surface area contributed by atoms with Crippen LogP contribution in [0.15, 0.2) is 30.6 Å². The predicted octanol–water partition coefficient (Wildman–Crippen LogP) is 2.00. The molecule has 26 heavy (non-hydrogen) atoms.